The first kappa shape index (κ1) is 11.3. The Hall–Kier alpha value is -0.200. The zero-order chi connectivity index (χ0) is 11.4. The molecule has 1 aliphatic heterocycles. The summed E-state index contributed by atoms with van der Waals surface area (Å²) in [7, 11) is 0. The Morgan fingerprint density at radius 1 is 1.13 bits per heavy atom. The lowest BCUT2D eigenvalue weighted by Crippen LogP contribution is -2.60. The van der Waals surface area contributed by atoms with E-state index >= 15 is 0 Å². The summed E-state index contributed by atoms with van der Waals surface area (Å²) in [5, 5.41) is 29.4. The van der Waals surface area contributed by atoms with Crippen LogP contribution in [0, 0.1) is 0 Å². The number of fused-ring (bicyclic) bond motifs is 1. The van der Waals surface area contributed by atoms with Crippen molar-refractivity contribution in [3.05, 3.63) is 0 Å². The molecule has 0 radical (unpaired) electrons. The summed E-state index contributed by atoms with van der Waals surface area (Å²) in [5.41, 5.74) is -1.17. The Morgan fingerprint density at radius 2 is 1.73 bits per heavy atom. The Balaban J connectivity index is 2.27. The molecule has 0 aromatic rings. The molecule has 0 bridgehead atoms. The standard InChI is InChI=1S/C10H18O5/c1-9(2)14-7-6(12)5(11)4-10(3,13)8(7)15-9/h5-8,11-13H,4H2,1-3H3. The van der Waals surface area contributed by atoms with E-state index in [0.717, 1.165) is 0 Å². The quantitative estimate of drug-likeness (QED) is 0.505. The first-order valence-electron chi connectivity index (χ1n) is 5.17. The van der Waals surface area contributed by atoms with Crippen molar-refractivity contribution in [1.29, 1.82) is 0 Å². The second-order valence-electron chi connectivity index (χ2n) is 5.14. The average Bonchev–Trinajstić information content (AvgIpc) is 2.38. The van der Waals surface area contributed by atoms with E-state index in [-0.39, 0.29) is 6.42 Å². The number of aliphatic hydroxyl groups is 3. The topological polar surface area (TPSA) is 79.2 Å². The molecule has 1 aliphatic carbocycles. The van der Waals surface area contributed by atoms with Crippen LogP contribution in [-0.2, 0) is 9.47 Å². The maximum Gasteiger partial charge on any atom is 0.164 e. The van der Waals surface area contributed by atoms with E-state index in [2.05, 4.69) is 0 Å². The maximum atomic E-state index is 10.1. The highest BCUT2D eigenvalue weighted by Gasteiger charge is 2.58. The maximum absolute atomic E-state index is 10.1. The SMILES string of the molecule is CC1(C)OC2C(O)C(O)CC(C)(O)C2O1. The lowest BCUT2D eigenvalue weighted by molar-refractivity contribution is -0.176. The second kappa shape index (κ2) is 3.15. The zero-order valence-electron chi connectivity index (χ0n) is 9.17. The molecule has 1 saturated carbocycles. The van der Waals surface area contributed by atoms with Crippen molar-refractivity contribution in [1.82, 2.24) is 0 Å². The predicted octanol–water partition coefficient (Wildman–Crippen LogP) is -0.617. The summed E-state index contributed by atoms with van der Waals surface area (Å²) in [4.78, 5) is 0. The molecule has 2 fully saturated rings. The van der Waals surface area contributed by atoms with E-state index in [1.807, 2.05) is 0 Å². The van der Waals surface area contributed by atoms with Crippen LogP contribution in [0.2, 0.25) is 0 Å². The van der Waals surface area contributed by atoms with Crippen LogP contribution >= 0.6 is 0 Å². The second-order valence-corrected chi connectivity index (χ2v) is 5.14. The van der Waals surface area contributed by atoms with Crippen LogP contribution in [0.5, 0.6) is 0 Å². The first-order chi connectivity index (χ1) is 6.73. The number of hydrogen-bond donors (Lipinski definition) is 3. The smallest absolute Gasteiger partial charge is 0.164 e. The Labute approximate surface area is 88.6 Å². The lowest BCUT2D eigenvalue weighted by atomic mass is 9.78. The molecular weight excluding hydrogens is 200 g/mol. The summed E-state index contributed by atoms with van der Waals surface area (Å²) < 4.78 is 11.0. The van der Waals surface area contributed by atoms with Crippen molar-refractivity contribution in [2.75, 3.05) is 0 Å². The monoisotopic (exact) mass is 218 g/mol. The van der Waals surface area contributed by atoms with Crippen molar-refractivity contribution < 1.29 is 24.8 Å². The molecule has 5 nitrogen and oxygen atoms in total. The van der Waals surface area contributed by atoms with Gasteiger partial charge < -0.3 is 24.8 Å². The van der Waals surface area contributed by atoms with Gasteiger partial charge in [-0.05, 0) is 20.8 Å². The summed E-state index contributed by atoms with van der Waals surface area (Å²) in [5.74, 6) is -0.829. The van der Waals surface area contributed by atoms with Gasteiger partial charge in [0, 0.05) is 6.42 Å². The third-order valence-corrected chi connectivity index (χ3v) is 3.10. The predicted molar refractivity (Wildman–Crippen MR) is 51.1 cm³/mol. The third kappa shape index (κ3) is 1.79. The van der Waals surface area contributed by atoms with Gasteiger partial charge in [-0.1, -0.05) is 0 Å². The molecule has 0 spiro atoms. The van der Waals surface area contributed by atoms with Gasteiger partial charge in [0.15, 0.2) is 5.79 Å². The summed E-state index contributed by atoms with van der Waals surface area (Å²) in [6.45, 7) is 5.03. The van der Waals surface area contributed by atoms with Crippen molar-refractivity contribution in [2.24, 2.45) is 0 Å². The van der Waals surface area contributed by atoms with Gasteiger partial charge in [0.2, 0.25) is 0 Å². The van der Waals surface area contributed by atoms with E-state index in [4.69, 9.17) is 9.47 Å². The van der Waals surface area contributed by atoms with Crippen molar-refractivity contribution in [3.8, 4) is 0 Å². The van der Waals surface area contributed by atoms with Gasteiger partial charge in [-0.2, -0.15) is 0 Å². The average molecular weight is 218 g/mol. The Morgan fingerprint density at radius 3 is 2.33 bits per heavy atom. The molecule has 5 atom stereocenters. The molecular formula is C10H18O5. The molecule has 0 amide bonds. The Kier molecular flexibility index (Phi) is 2.37. The molecule has 2 aliphatic rings. The van der Waals surface area contributed by atoms with Gasteiger partial charge in [-0.15, -0.1) is 0 Å². The number of ether oxygens (including phenoxy) is 2. The molecule has 5 heteroatoms. The first-order valence-corrected chi connectivity index (χ1v) is 5.17. The highest BCUT2D eigenvalue weighted by Crippen LogP contribution is 2.41. The van der Waals surface area contributed by atoms with Crippen molar-refractivity contribution >= 4 is 0 Å². The minimum absolute atomic E-state index is 0.0920. The fraction of sp³-hybridized carbons (Fsp3) is 1.00. The molecule has 88 valence electrons. The zero-order valence-corrected chi connectivity index (χ0v) is 9.17. The van der Waals surface area contributed by atoms with Gasteiger partial charge >= 0.3 is 0 Å². The van der Waals surface area contributed by atoms with Crippen molar-refractivity contribution in [3.63, 3.8) is 0 Å². The normalized spacial score (nSPS) is 54.0. The molecule has 0 aromatic carbocycles. The van der Waals surface area contributed by atoms with Crippen LogP contribution in [0.1, 0.15) is 27.2 Å². The molecule has 0 aromatic heterocycles. The van der Waals surface area contributed by atoms with Crippen LogP contribution < -0.4 is 0 Å². The van der Waals surface area contributed by atoms with Crippen LogP contribution in [0.25, 0.3) is 0 Å². The number of hydrogen-bond acceptors (Lipinski definition) is 5. The molecule has 3 N–H and O–H groups in total. The highest BCUT2D eigenvalue weighted by atomic mass is 16.8. The van der Waals surface area contributed by atoms with Gasteiger partial charge in [-0.25, -0.2) is 0 Å². The van der Waals surface area contributed by atoms with Gasteiger partial charge in [0.25, 0.3) is 0 Å². The van der Waals surface area contributed by atoms with E-state index in [1.54, 1.807) is 20.8 Å². The van der Waals surface area contributed by atoms with E-state index in [9.17, 15) is 15.3 Å². The number of rotatable bonds is 0. The van der Waals surface area contributed by atoms with Crippen LogP contribution in [0.15, 0.2) is 0 Å². The van der Waals surface area contributed by atoms with Crippen LogP contribution in [0.4, 0.5) is 0 Å². The molecule has 15 heavy (non-hydrogen) atoms. The van der Waals surface area contributed by atoms with E-state index in [1.165, 1.54) is 0 Å². The van der Waals surface area contributed by atoms with Crippen LogP contribution in [0.3, 0.4) is 0 Å². The molecule has 1 heterocycles. The Bertz CT molecular complexity index is 263. The number of aliphatic hydroxyl groups excluding tert-OH is 2. The van der Waals surface area contributed by atoms with E-state index < -0.39 is 35.8 Å². The van der Waals surface area contributed by atoms with Crippen molar-refractivity contribution in [2.45, 2.75) is 63.0 Å². The molecule has 5 unspecified atom stereocenters. The molecule has 1 saturated heterocycles. The van der Waals surface area contributed by atoms with Gasteiger partial charge in [0.1, 0.15) is 18.3 Å². The largest absolute Gasteiger partial charge is 0.390 e. The minimum atomic E-state index is -1.17. The fourth-order valence-corrected chi connectivity index (χ4v) is 2.40. The lowest BCUT2D eigenvalue weighted by Gasteiger charge is -2.41. The molecule has 2 rings (SSSR count). The summed E-state index contributed by atoms with van der Waals surface area (Å²) in [6.07, 6.45) is -3.14. The van der Waals surface area contributed by atoms with Gasteiger partial charge in [-0.3, -0.25) is 0 Å². The highest BCUT2D eigenvalue weighted by molar-refractivity contribution is 5.05. The van der Waals surface area contributed by atoms with Crippen LogP contribution in [-0.4, -0.2) is 51.1 Å². The minimum Gasteiger partial charge on any atom is -0.390 e. The third-order valence-electron chi connectivity index (χ3n) is 3.10. The van der Waals surface area contributed by atoms with E-state index in [0.29, 0.717) is 0 Å². The summed E-state index contributed by atoms with van der Waals surface area (Å²) >= 11 is 0. The fourth-order valence-electron chi connectivity index (χ4n) is 2.40. The summed E-state index contributed by atoms with van der Waals surface area (Å²) in [6, 6.07) is 0. The van der Waals surface area contributed by atoms with Gasteiger partial charge in [0.05, 0.1) is 11.7 Å².